The van der Waals surface area contributed by atoms with Crippen molar-refractivity contribution in [2.75, 3.05) is 13.1 Å². The molecular weight excluding hydrogens is 294 g/mol. The highest BCUT2D eigenvalue weighted by Gasteiger charge is 2.28. The van der Waals surface area contributed by atoms with E-state index in [-0.39, 0.29) is 24.3 Å². The van der Waals surface area contributed by atoms with Crippen molar-refractivity contribution < 1.29 is 9.32 Å². The van der Waals surface area contributed by atoms with Crippen LogP contribution >= 0.6 is 0 Å². The number of amides is 1. The SMILES string of the molecule is Cc1cnn(CC(=O)N2CCCC(c3noc(C(C)C)n3)C2)c1. The maximum absolute atomic E-state index is 12.5. The van der Waals surface area contributed by atoms with Crippen molar-refractivity contribution in [3.63, 3.8) is 0 Å². The van der Waals surface area contributed by atoms with Crippen LogP contribution in [-0.2, 0) is 11.3 Å². The first kappa shape index (κ1) is 15.7. The van der Waals surface area contributed by atoms with Crippen molar-refractivity contribution in [2.24, 2.45) is 0 Å². The van der Waals surface area contributed by atoms with E-state index in [0.717, 1.165) is 30.8 Å². The van der Waals surface area contributed by atoms with Gasteiger partial charge in [-0.2, -0.15) is 10.1 Å². The average Bonchev–Trinajstić information content (AvgIpc) is 3.17. The van der Waals surface area contributed by atoms with E-state index in [9.17, 15) is 4.79 Å². The maximum Gasteiger partial charge on any atom is 0.244 e. The zero-order chi connectivity index (χ0) is 16.4. The lowest BCUT2D eigenvalue weighted by atomic mass is 9.97. The van der Waals surface area contributed by atoms with E-state index < -0.39 is 0 Å². The van der Waals surface area contributed by atoms with E-state index in [1.807, 2.05) is 31.9 Å². The molecule has 0 saturated carbocycles. The zero-order valence-corrected chi connectivity index (χ0v) is 13.9. The molecule has 0 N–H and O–H groups in total. The van der Waals surface area contributed by atoms with E-state index in [1.54, 1.807) is 10.9 Å². The molecule has 7 heteroatoms. The molecule has 0 bridgehead atoms. The second kappa shape index (κ2) is 6.52. The topological polar surface area (TPSA) is 77.0 Å². The number of piperidine rings is 1. The standard InChI is InChI=1S/C16H23N5O2/c1-11(2)16-18-15(19-23-16)13-5-4-6-20(9-13)14(22)10-21-8-12(3)7-17-21/h7-8,11,13H,4-6,9-10H2,1-3H3. The second-order valence-corrected chi connectivity index (χ2v) is 6.54. The lowest BCUT2D eigenvalue weighted by Gasteiger charge is -2.31. The molecule has 2 aromatic rings. The van der Waals surface area contributed by atoms with Gasteiger partial charge in [0.15, 0.2) is 5.82 Å². The third-order valence-corrected chi connectivity index (χ3v) is 4.15. The Labute approximate surface area is 135 Å². The summed E-state index contributed by atoms with van der Waals surface area (Å²) in [6.07, 6.45) is 5.59. The fourth-order valence-corrected chi connectivity index (χ4v) is 2.85. The van der Waals surface area contributed by atoms with Crippen LogP contribution in [0.1, 0.15) is 55.8 Å². The summed E-state index contributed by atoms with van der Waals surface area (Å²) in [5.74, 6) is 1.85. The highest BCUT2D eigenvalue weighted by Crippen LogP contribution is 2.26. The van der Waals surface area contributed by atoms with Crippen LogP contribution in [0.15, 0.2) is 16.9 Å². The summed E-state index contributed by atoms with van der Waals surface area (Å²) in [5, 5.41) is 8.28. The fourth-order valence-electron chi connectivity index (χ4n) is 2.85. The molecule has 2 aromatic heterocycles. The first-order valence-electron chi connectivity index (χ1n) is 8.13. The summed E-state index contributed by atoms with van der Waals surface area (Å²) in [6.45, 7) is 7.73. The van der Waals surface area contributed by atoms with Crippen LogP contribution < -0.4 is 0 Å². The molecule has 7 nitrogen and oxygen atoms in total. The van der Waals surface area contributed by atoms with Gasteiger partial charge in [-0.3, -0.25) is 9.48 Å². The van der Waals surface area contributed by atoms with Gasteiger partial charge in [-0.1, -0.05) is 19.0 Å². The van der Waals surface area contributed by atoms with Gasteiger partial charge in [0, 0.05) is 31.1 Å². The quantitative estimate of drug-likeness (QED) is 0.863. The van der Waals surface area contributed by atoms with Crippen LogP contribution in [-0.4, -0.2) is 43.8 Å². The largest absolute Gasteiger partial charge is 0.340 e. The summed E-state index contributed by atoms with van der Waals surface area (Å²) in [5.41, 5.74) is 1.06. The Bertz CT molecular complexity index is 676. The van der Waals surface area contributed by atoms with Gasteiger partial charge in [-0.25, -0.2) is 0 Å². The molecule has 0 aromatic carbocycles. The lowest BCUT2D eigenvalue weighted by Crippen LogP contribution is -2.41. The minimum atomic E-state index is 0.0883. The van der Waals surface area contributed by atoms with Gasteiger partial charge in [0.25, 0.3) is 0 Å². The Morgan fingerprint density at radius 2 is 2.30 bits per heavy atom. The fraction of sp³-hybridized carbons (Fsp3) is 0.625. The van der Waals surface area contributed by atoms with Gasteiger partial charge >= 0.3 is 0 Å². The zero-order valence-electron chi connectivity index (χ0n) is 13.9. The Morgan fingerprint density at radius 3 is 2.96 bits per heavy atom. The van der Waals surface area contributed by atoms with Crippen LogP contribution in [0.5, 0.6) is 0 Å². The van der Waals surface area contributed by atoms with Crippen LogP contribution in [0.25, 0.3) is 0 Å². The van der Waals surface area contributed by atoms with Gasteiger partial charge in [0.05, 0.1) is 6.20 Å². The molecule has 23 heavy (non-hydrogen) atoms. The molecule has 0 spiro atoms. The number of carbonyl (C=O) groups is 1. The summed E-state index contributed by atoms with van der Waals surface area (Å²) in [7, 11) is 0. The summed E-state index contributed by atoms with van der Waals surface area (Å²) < 4.78 is 6.98. The van der Waals surface area contributed by atoms with Crippen molar-refractivity contribution in [3.05, 3.63) is 29.7 Å². The number of rotatable bonds is 4. The van der Waals surface area contributed by atoms with Crippen molar-refractivity contribution in [1.29, 1.82) is 0 Å². The van der Waals surface area contributed by atoms with Crippen molar-refractivity contribution in [2.45, 2.75) is 52.0 Å². The second-order valence-electron chi connectivity index (χ2n) is 6.54. The van der Waals surface area contributed by atoms with Crippen molar-refractivity contribution in [3.8, 4) is 0 Å². The van der Waals surface area contributed by atoms with E-state index in [4.69, 9.17) is 4.52 Å². The number of hydrogen-bond donors (Lipinski definition) is 0. The first-order chi connectivity index (χ1) is 11.0. The van der Waals surface area contributed by atoms with Crippen LogP contribution in [0, 0.1) is 6.92 Å². The van der Waals surface area contributed by atoms with E-state index in [0.29, 0.717) is 12.4 Å². The Morgan fingerprint density at radius 1 is 1.48 bits per heavy atom. The molecule has 1 aliphatic rings. The molecular formula is C16H23N5O2. The molecule has 1 fully saturated rings. The van der Waals surface area contributed by atoms with E-state index in [2.05, 4.69) is 15.2 Å². The molecule has 1 amide bonds. The number of aromatic nitrogens is 4. The Hall–Kier alpha value is -2.18. The minimum Gasteiger partial charge on any atom is -0.340 e. The van der Waals surface area contributed by atoms with Crippen LogP contribution in [0.3, 0.4) is 0 Å². The predicted molar refractivity (Wildman–Crippen MR) is 83.9 cm³/mol. The summed E-state index contributed by atoms with van der Waals surface area (Å²) >= 11 is 0. The molecule has 1 saturated heterocycles. The third-order valence-electron chi connectivity index (χ3n) is 4.15. The van der Waals surface area contributed by atoms with Gasteiger partial charge in [-0.15, -0.1) is 0 Å². The van der Waals surface area contributed by atoms with E-state index >= 15 is 0 Å². The molecule has 3 heterocycles. The van der Waals surface area contributed by atoms with Gasteiger partial charge in [0.1, 0.15) is 6.54 Å². The van der Waals surface area contributed by atoms with Crippen LogP contribution in [0.4, 0.5) is 0 Å². The Balaban J connectivity index is 1.64. The molecule has 1 aliphatic heterocycles. The average molecular weight is 317 g/mol. The monoisotopic (exact) mass is 317 g/mol. The smallest absolute Gasteiger partial charge is 0.244 e. The number of aryl methyl sites for hydroxylation is 1. The Kier molecular flexibility index (Phi) is 4.45. The summed E-state index contributed by atoms with van der Waals surface area (Å²) in [6, 6.07) is 0. The maximum atomic E-state index is 12.5. The molecule has 3 rings (SSSR count). The highest BCUT2D eigenvalue weighted by atomic mass is 16.5. The van der Waals surface area contributed by atoms with Crippen LogP contribution in [0.2, 0.25) is 0 Å². The van der Waals surface area contributed by atoms with Gasteiger partial charge in [-0.05, 0) is 25.3 Å². The molecule has 0 radical (unpaired) electrons. The first-order valence-corrected chi connectivity index (χ1v) is 8.13. The number of likely N-dealkylation sites (tertiary alicyclic amines) is 1. The molecule has 0 aliphatic carbocycles. The minimum absolute atomic E-state index is 0.0883. The van der Waals surface area contributed by atoms with Crippen molar-refractivity contribution in [1.82, 2.24) is 24.8 Å². The number of carbonyl (C=O) groups excluding carboxylic acids is 1. The van der Waals surface area contributed by atoms with Gasteiger partial charge < -0.3 is 9.42 Å². The van der Waals surface area contributed by atoms with E-state index in [1.165, 1.54) is 0 Å². The molecule has 1 atom stereocenters. The number of nitrogens with zero attached hydrogens (tertiary/aromatic N) is 5. The summed E-state index contributed by atoms with van der Waals surface area (Å²) in [4.78, 5) is 18.8. The highest BCUT2D eigenvalue weighted by molar-refractivity contribution is 5.76. The van der Waals surface area contributed by atoms with Crippen molar-refractivity contribution >= 4 is 5.91 Å². The number of hydrogen-bond acceptors (Lipinski definition) is 5. The predicted octanol–water partition coefficient (Wildman–Crippen LogP) is 2.10. The molecule has 124 valence electrons. The van der Waals surface area contributed by atoms with Gasteiger partial charge in [0.2, 0.25) is 11.8 Å². The lowest BCUT2D eigenvalue weighted by molar-refractivity contribution is -0.133. The normalized spacial score (nSPS) is 18.6. The third kappa shape index (κ3) is 3.60. The molecule has 1 unspecified atom stereocenters.